The molecule has 1 aliphatic carbocycles. The van der Waals surface area contributed by atoms with Crippen LogP contribution in [0, 0.1) is 5.92 Å². The van der Waals surface area contributed by atoms with Crippen LogP contribution < -0.4 is 0 Å². The van der Waals surface area contributed by atoms with E-state index in [1.807, 2.05) is 0 Å². The van der Waals surface area contributed by atoms with Crippen LogP contribution in [0.5, 0.6) is 5.75 Å². The molecule has 92 valence electrons. The van der Waals surface area contributed by atoms with Crippen LogP contribution in [0.3, 0.4) is 0 Å². The van der Waals surface area contributed by atoms with Gasteiger partial charge in [-0.05, 0) is 30.9 Å². The summed E-state index contributed by atoms with van der Waals surface area (Å²) >= 11 is 0. The molecule has 0 aromatic carbocycles. The maximum Gasteiger partial charge on any atom is 0.315 e. The molecule has 4 nitrogen and oxygen atoms in total. The SMILES string of the molecule is COC(=O)C(c1ccc(O)cn1)C1CCCC1. The van der Waals surface area contributed by atoms with Gasteiger partial charge in [0, 0.05) is 0 Å². The molecule has 0 amide bonds. The van der Waals surface area contributed by atoms with Gasteiger partial charge in [0.15, 0.2) is 0 Å². The van der Waals surface area contributed by atoms with Crippen molar-refractivity contribution in [2.45, 2.75) is 31.6 Å². The molecular weight excluding hydrogens is 218 g/mol. The zero-order valence-corrected chi connectivity index (χ0v) is 9.93. The van der Waals surface area contributed by atoms with Crippen LogP contribution in [-0.4, -0.2) is 23.2 Å². The fourth-order valence-electron chi connectivity index (χ4n) is 2.55. The summed E-state index contributed by atoms with van der Waals surface area (Å²) in [5, 5.41) is 9.22. The number of hydrogen-bond acceptors (Lipinski definition) is 4. The third-order valence-corrected chi connectivity index (χ3v) is 3.42. The van der Waals surface area contributed by atoms with Crippen LogP contribution in [0.4, 0.5) is 0 Å². The van der Waals surface area contributed by atoms with E-state index in [9.17, 15) is 9.90 Å². The molecule has 1 unspecified atom stereocenters. The third kappa shape index (κ3) is 2.57. The van der Waals surface area contributed by atoms with Gasteiger partial charge in [-0.25, -0.2) is 0 Å². The van der Waals surface area contributed by atoms with E-state index >= 15 is 0 Å². The number of nitrogens with zero attached hydrogens (tertiary/aromatic N) is 1. The van der Waals surface area contributed by atoms with Crippen molar-refractivity contribution >= 4 is 5.97 Å². The second kappa shape index (κ2) is 5.17. The van der Waals surface area contributed by atoms with Crippen LogP contribution in [-0.2, 0) is 9.53 Å². The number of carbonyl (C=O) groups excluding carboxylic acids is 1. The fraction of sp³-hybridized carbons (Fsp3) is 0.538. The van der Waals surface area contributed by atoms with Crippen molar-refractivity contribution in [3.8, 4) is 5.75 Å². The lowest BCUT2D eigenvalue weighted by Gasteiger charge is -2.20. The second-order valence-corrected chi connectivity index (χ2v) is 4.49. The van der Waals surface area contributed by atoms with Gasteiger partial charge in [-0.1, -0.05) is 12.8 Å². The molecule has 17 heavy (non-hydrogen) atoms. The molecule has 1 aromatic rings. The first kappa shape index (κ1) is 11.9. The Morgan fingerprint density at radius 2 is 2.18 bits per heavy atom. The number of ether oxygens (including phenoxy) is 1. The Balaban J connectivity index is 2.25. The summed E-state index contributed by atoms with van der Waals surface area (Å²) in [6.07, 6.45) is 5.79. The molecule has 2 rings (SSSR count). The van der Waals surface area contributed by atoms with Crippen LogP contribution in [0.25, 0.3) is 0 Å². The highest BCUT2D eigenvalue weighted by Gasteiger charge is 2.33. The number of esters is 1. The molecule has 4 heteroatoms. The van der Waals surface area contributed by atoms with E-state index < -0.39 is 0 Å². The molecule has 1 aromatic heterocycles. The van der Waals surface area contributed by atoms with Gasteiger partial charge >= 0.3 is 5.97 Å². The molecule has 1 fully saturated rings. The van der Waals surface area contributed by atoms with Crippen LogP contribution >= 0.6 is 0 Å². The number of pyridine rings is 1. The Bertz CT molecular complexity index is 382. The van der Waals surface area contributed by atoms with Gasteiger partial charge < -0.3 is 9.84 Å². The van der Waals surface area contributed by atoms with Gasteiger partial charge in [0.05, 0.1) is 19.0 Å². The summed E-state index contributed by atoms with van der Waals surface area (Å²) in [5.74, 6) is -0.0820. The predicted molar refractivity (Wildman–Crippen MR) is 62.6 cm³/mol. The molecule has 1 N–H and O–H groups in total. The predicted octanol–water partition coefficient (Wildman–Crippen LogP) is 2.23. The standard InChI is InChI=1S/C13H17NO3/c1-17-13(16)12(9-4-2-3-5-9)11-7-6-10(15)8-14-11/h6-9,12,15H,2-5H2,1H3. The topological polar surface area (TPSA) is 59.4 Å². The van der Waals surface area contributed by atoms with Crippen molar-refractivity contribution in [2.24, 2.45) is 5.92 Å². The van der Waals surface area contributed by atoms with Crippen molar-refractivity contribution in [3.63, 3.8) is 0 Å². The summed E-state index contributed by atoms with van der Waals surface area (Å²) in [5.41, 5.74) is 0.696. The van der Waals surface area contributed by atoms with E-state index in [1.54, 1.807) is 12.1 Å². The first-order chi connectivity index (χ1) is 8.22. The normalized spacial score (nSPS) is 17.9. The third-order valence-electron chi connectivity index (χ3n) is 3.42. The van der Waals surface area contributed by atoms with Crippen molar-refractivity contribution in [1.29, 1.82) is 0 Å². The maximum atomic E-state index is 11.9. The number of carbonyl (C=O) groups is 1. The summed E-state index contributed by atoms with van der Waals surface area (Å²) in [4.78, 5) is 16.0. The molecule has 1 heterocycles. The highest BCUT2D eigenvalue weighted by Crippen LogP contribution is 2.37. The quantitative estimate of drug-likeness (QED) is 0.816. The monoisotopic (exact) mass is 235 g/mol. The molecule has 1 aliphatic rings. The highest BCUT2D eigenvalue weighted by molar-refractivity contribution is 5.77. The Morgan fingerprint density at radius 3 is 2.71 bits per heavy atom. The Morgan fingerprint density at radius 1 is 1.47 bits per heavy atom. The van der Waals surface area contributed by atoms with Crippen molar-refractivity contribution in [2.75, 3.05) is 7.11 Å². The first-order valence-corrected chi connectivity index (χ1v) is 5.95. The Labute approximate surface area is 101 Å². The molecule has 0 aliphatic heterocycles. The minimum absolute atomic E-state index is 0.115. The molecule has 0 spiro atoms. The number of aromatic hydroxyl groups is 1. The van der Waals surface area contributed by atoms with Crippen LogP contribution in [0.2, 0.25) is 0 Å². The lowest BCUT2D eigenvalue weighted by molar-refractivity contribution is -0.143. The van der Waals surface area contributed by atoms with Gasteiger partial charge in [0.25, 0.3) is 0 Å². The Hall–Kier alpha value is -1.58. The highest BCUT2D eigenvalue weighted by atomic mass is 16.5. The second-order valence-electron chi connectivity index (χ2n) is 4.49. The van der Waals surface area contributed by atoms with Gasteiger partial charge in [0.1, 0.15) is 11.7 Å². The van der Waals surface area contributed by atoms with E-state index in [2.05, 4.69) is 4.98 Å². The lowest BCUT2D eigenvalue weighted by Crippen LogP contribution is -2.22. The number of methoxy groups -OCH3 is 1. The summed E-state index contributed by atoms with van der Waals surface area (Å²) in [7, 11) is 1.41. The Kier molecular flexibility index (Phi) is 3.61. The summed E-state index contributed by atoms with van der Waals surface area (Å²) < 4.78 is 4.87. The average Bonchev–Trinajstić information content (AvgIpc) is 2.85. The molecule has 1 atom stereocenters. The first-order valence-electron chi connectivity index (χ1n) is 5.95. The van der Waals surface area contributed by atoms with Gasteiger partial charge in [-0.15, -0.1) is 0 Å². The molecular formula is C13H17NO3. The molecule has 0 saturated heterocycles. The average molecular weight is 235 g/mol. The van der Waals surface area contributed by atoms with E-state index in [1.165, 1.54) is 13.3 Å². The van der Waals surface area contributed by atoms with Crippen molar-refractivity contribution in [3.05, 3.63) is 24.0 Å². The van der Waals surface area contributed by atoms with Crippen molar-refractivity contribution < 1.29 is 14.6 Å². The zero-order chi connectivity index (χ0) is 12.3. The van der Waals surface area contributed by atoms with Crippen molar-refractivity contribution in [1.82, 2.24) is 4.98 Å². The summed E-state index contributed by atoms with van der Waals surface area (Å²) in [6.45, 7) is 0. The fourth-order valence-corrected chi connectivity index (χ4v) is 2.55. The smallest absolute Gasteiger partial charge is 0.315 e. The minimum Gasteiger partial charge on any atom is -0.506 e. The van der Waals surface area contributed by atoms with E-state index in [0.29, 0.717) is 11.6 Å². The number of aromatic nitrogens is 1. The molecule has 0 radical (unpaired) electrons. The number of rotatable bonds is 3. The molecule has 1 saturated carbocycles. The summed E-state index contributed by atoms with van der Waals surface area (Å²) in [6, 6.07) is 3.27. The van der Waals surface area contributed by atoms with Crippen LogP contribution in [0.1, 0.15) is 37.3 Å². The van der Waals surface area contributed by atoms with Crippen LogP contribution in [0.15, 0.2) is 18.3 Å². The van der Waals surface area contributed by atoms with Gasteiger partial charge in [-0.2, -0.15) is 0 Å². The zero-order valence-electron chi connectivity index (χ0n) is 9.93. The maximum absolute atomic E-state index is 11.9. The van der Waals surface area contributed by atoms with E-state index in [0.717, 1.165) is 25.7 Å². The number of hydrogen-bond donors (Lipinski definition) is 1. The largest absolute Gasteiger partial charge is 0.506 e. The van der Waals surface area contributed by atoms with Gasteiger partial charge in [-0.3, -0.25) is 9.78 Å². The van der Waals surface area contributed by atoms with E-state index in [-0.39, 0.29) is 17.6 Å². The minimum atomic E-state index is -0.289. The van der Waals surface area contributed by atoms with Gasteiger partial charge in [0.2, 0.25) is 0 Å². The molecule has 0 bridgehead atoms. The lowest BCUT2D eigenvalue weighted by atomic mass is 9.88. The van der Waals surface area contributed by atoms with E-state index in [4.69, 9.17) is 4.74 Å².